The Labute approximate surface area is 124 Å². The van der Waals surface area contributed by atoms with Crippen molar-refractivity contribution in [2.24, 2.45) is 5.92 Å². The van der Waals surface area contributed by atoms with E-state index in [1.54, 1.807) is 0 Å². The lowest BCUT2D eigenvalue weighted by Crippen LogP contribution is -2.57. The monoisotopic (exact) mass is 274 g/mol. The molecule has 1 aliphatic rings. The van der Waals surface area contributed by atoms with Crippen molar-refractivity contribution < 1.29 is 0 Å². The first-order valence-corrected chi connectivity index (χ1v) is 8.17. The molecule has 2 nitrogen and oxygen atoms in total. The molecule has 1 N–H and O–H groups in total. The average Bonchev–Trinajstić information content (AvgIpc) is 2.48. The standard InChI is InChI=1S/C18H30N2/c1-5-15(4)18-11-19-17(6-2)13-20(18)12-16-9-7-14(3)8-10-16/h7-10,15,17-19H,5-6,11-13H2,1-4H3. The number of aryl methyl sites for hydroxylation is 1. The van der Waals surface area contributed by atoms with Gasteiger partial charge in [-0.25, -0.2) is 0 Å². The molecule has 1 aliphatic heterocycles. The zero-order valence-corrected chi connectivity index (χ0v) is 13.5. The van der Waals surface area contributed by atoms with Gasteiger partial charge in [0, 0.05) is 31.7 Å². The topological polar surface area (TPSA) is 15.3 Å². The van der Waals surface area contributed by atoms with Crippen LogP contribution in [0.25, 0.3) is 0 Å². The number of hydrogen-bond donors (Lipinski definition) is 1. The van der Waals surface area contributed by atoms with E-state index in [9.17, 15) is 0 Å². The van der Waals surface area contributed by atoms with Crippen LogP contribution >= 0.6 is 0 Å². The van der Waals surface area contributed by atoms with Gasteiger partial charge in [-0.15, -0.1) is 0 Å². The second kappa shape index (κ2) is 7.24. The Balaban J connectivity index is 2.08. The van der Waals surface area contributed by atoms with E-state index in [4.69, 9.17) is 0 Å². The Hall–Kier alpha value is -0.860. The molecule has 1 aromatic rings. The minimum absolute atomic E-state index is 0.653. The Morgan fingerprint density at radius 3 is 2.55 bits per heavy atom. The Kier molecular flexibility index (Phi) is 5.62. The molecule has 1 heterocycles. The van der Waals surface area contributed by atoms with Crippen molar-refractivity contribution in [2.75, 3.05) is 13.1 Å². The fourth-order valence-corrected chi connectivity index (χ4v) is 3.12. The number of nitrogens with zero attached hydrogens (tertiary/aromatic N) is 1. The van der Waals surface area contributed by atoms with E-state index in [0.29, 0.717) is 12.1 Å². The molecule has 3 atom stereocenters. The summed E-state index contributed by atoms with van der Waals surface area (Å²) in [5.41, 5.74) is 2.79. The van der Waals surface area contributed by atoms with E-state index in [0.717, 1.165) is 19.0 Å². The molecule has 3 unspecified atom stereocenters. The maximum Gasteiger partial charge on any atom is 0.0250 e. The van der Waals surface area contributed by atoms with Crippen LogP contribution in [0.3, 0.4) is 0 Å². The van der Waals surface area contributed by atoms with Crippen LogP contribution in [0.5, 0.6) is 0 Å². The van der Waals surface area contributed by atoms with Crippen LogP contribution in [0.15, 0.2) is 24.3 Å². The summed E-state index contributed by atoms with van der Waals surface area (Å²) in [5, 5.41) is 3.72. The SMILES string of the molecule is CCC1CN(Cc2ccc(C)cc2)C(C(C)CC)CN1. The molecule has 2 rings (SSSR count). The maximum absolute atomic E-state index is 3.72. The molecule has 0 saturated carbocycles. The summed E-state index contributed by atoms with van der Waals surface area (Å²) in [6.07, 6.45) is 2.48. The number of piperazine rings is 1. The van der Waals surface area contributed by atoms with Crippen LogP contribution in [-0.4, -0.2) is 30.1 Å². The van der Waals surface area contributed by atoms with Crippen molar-refractivity contribution in [1.82, 2.24) is 10.2 Å². The van der Waals surface area contributed by atoms with E-state index in [-0.39, 0.29) is 0 Å². The summed E-state index contributed by atoms with van der Waals surface area (Å²) in [4.78, 5) is 2.70. The van der Waals surface area contributed by atoms with E-state index >= 15 is 0 Å². The summed E-state index contributed by atoms with van der Waals surface area (Å²) in [6, 6.07) is 10.3. The van der Waals surface area contributed by atoms with Crippen LogP contribution < -0.4 is 5.32 Å². The predicted octanol–water partition coefficient (Wildman–Crippen LogP) is 3.59. The third-order valence-corrected chi connectivity index (χ3v) is 4.84. The molecule has 0 radical (unpaired) electrons. The summed E-state index contributed by atoms with van der Waals surface area (Å²) in [7, 11) is 0. The fourth-order valence-electron chi connectivity index (χ4n) is 3.12. The van der Waals surface area contributed by atoms with Gasteiger partial charge in [0.15, 0.2) is 0 Å². The minimum Gasteiger partial charge on any atom is -0.311 e. The highest BCUT2D eigenvalue weighted by Crippen LogP contribution is 2.21. The van der Waals surface area contributed by atoms with E-state index in [1.165, 1.54) is 30.5 Å². The van der Waals surface area contributed by atoms with Crippen molar-refractivity contribution in [3.05, 3.63) is 35.4 Å². The van der Waals surface area contributed by atoms with Gasteiger partial charge < -0.3 is 5.32 Å². The third kappa shape index (κ3) is 3.83. The normalized spacial score (nSPS) is 25.6. The average molecular weight is 274 g/mol. The lowest BCUT2D eigenvalue weighted by Gasteiger charge is -2.43. The predicted molar refractivity (Wildman–Crippen MR) is 86.9 cm³/mol. The molecule has 1 fully saturated rings. The Morgan fingerprint density at radius 1 is 1.25 bits per heavy atom. The van der Waals surface area contributed by atoms with E-state index in [1.807, 2.05) is 0 Å². The summed E-state index contributed by atoms with van der Waals surface area (Å²) >= 11 is 0. The van der Waals surface area contributed by atoms with Crippen molar-refractivity contribution in [2.45, 2.75) is 59.2 Å². The summed E-state index contributed by atoms with van der Waals surface area (Å²) < 4.78 is 0. The molecule has 0 bridgehead atoms. The summed E-state index contributed by atoms with van der Waals surface area (Å²) in [5.74, 6) is 0.755. The highest BCUT2D eigenvalue weighted by atomic mass is 15.2. The van der Waals surface area contributed by atoms with Crippen LogP contribution in [0.1, 0.15) is 44.7 Å². The second-order valence-corrected chi connectivity index (χ2v) is 6.38. The molecule has 112 valence electrons. The van der Waals surface area contributed by atoms with E-state index in [2.05, 4.69) is 62.2 Å². The summed E-state index contributed by atoms with van der Waals surface area (Å²) in [6.45, 7) is 12.5. The fraction of sp³-hybridized carbons (Fsp3) is 0.667. The van der Waals surface area contributed by atoms with Crippen molar-refractivity contribution in [3.63, 3.8) is 0 Å². The number of rotatable bonds is 5. The van der Waals surface area contributed by atoms with Crippen molar-refractivity contribution in [1.29, 1.82) is 0 Å². The van der Waals surface area contributed by atoms with Gasteiger partial charge in [-0.3, -0.25) is 4.90 Å². The molecule has 0 spiro atoms. The van der Waals surface area contributed by atoms with Gasteiger partial charge in [0.2, 0.25) is 0 Å². The minimum atomic E-state index is 0.653. The van der Waals surface area contributed by atoms with Crippen molar-refractivity contribution in [3.8, 4) is 0 Å². The molecule has 20 heavy (non-hydrogen) atoms. The first kappa shape index (κ1) is 15.5. The lowest BCUT2D eigenvalue weighted by atomic mass is 9.93. The third-order valence-electron chi connectivity index (χ3n) is 4.84. The van der Waals surface area contributed by atoms with Gasteiger partial charge in [0.05, 0.1) is 0 Å². The van der Waals surface area contributed by atoms with Gasteiger partial charge in [0.1, 0.15) is 0 Å². The van der Waals surface area contributed by atoms with E-state index < -0.39 is 0 Å². The Morgan fingerprint density at radius 2 is 1.95 bits per heavy atom. The molecular weight excluding hydrogens is 244 g/mol. The van der Waals surface area contributed by atoms with Crippen LogP contribution in [-0.2, 0) is 6.54 Å². The molecular formula is C18H30N2. The molecule has 2 heteroatoms. The van der Waals surface area contributed by atoms with Crippen LogP contribution in [0.2, 0.25) is 0 Å². The highest BCUT2D eigenvalue weighted by molar-refractivity contribution is 5.21. The zero-order chi connectivity index (χ0) is 14.5. The quantitative estimate of drug-likeness (QED) is 0.882. The largest absolute Gasteiger partial charge is 0.311 e. The number of nitrogens with one attached hydrogen (secondary N) is 1. The first-order chi connectivity index (χ1) is 9.63. The molecule has 1 aromatic carbocycles. The van der Waals surface area contributed by atoms with Gasteiger partial charge in [0.25, 0.3) is 0 Å². The van der Waals surface area contributed by atoms with Gasteiger partial charge in [-0.05, 0) is 24.8 Å². The molecule has 0 aromatic heterocycles. The van der Waals surface area contributed by atoms with Gasteiger partial charge in [-0.1, -0.05) is 57.0 Å². The highest BCUT2D eigenvalue weighted by Gasteiger charge is 2.29. The van der Waals surface area contributed by atoms with Crippen molar-refractivity contribution >= 4 is 0 Å². The maximum atomic E-state index is 3.72. The Bertz CT molecular complexity index is 398. The van der Waals surface area contributed by atoms with Crippen LogP contribution in [0, 0.1) is 12.8 Å². The smallest absolute Gasteiger partial charge is 0.0250 e. The van der Waals surface area contributed by atoms with Crippen LogP contribution in [0.4, 0.5) is 0 Å². The van der Waals surface area contributed by atoms with Gasteiger partial charge in [-0.2, -0.15) is 0 Å². The zero-order valence-electron chi connectivity index (χ0n) is 13.5. The number of hydrogen-bond acceptors (Lipinski definition) is 2. The number of benzene rings is 1. The first-order valence-electron chi connectivity index (χ1n) is 8.17. The lowest BCUT2D eigenvalue weighted by molar-refractivity contribution is 0.0833. The molecule has 0 aliphatic carbocycles. The molecule has 0 amide bonds. The molecule has 1 saturated heterocycles. The second-order valence-electron chi connectivity index (χ2n) is 6.38. The van der Waals surface area contributed by atoms with Gasteiger partial charge >= 0.3 is 0 Å².